The summed E-state index contributed by atoms with van der Waals surface area (Å²) in [5, 5.41) is 8.85. The van der Waals surface area contributed by atoms with Crippen molar-refractivity contribution in [2.75, 3.05) is 0 Å². The van der Waals surface area contributed by atoms with E-state index in [0.29, 0.717) is 16.7 Å². The van der Waals surface area contributed by atoms with Gasteiger partial charge in [-0.25, -0.2) is 0 Å². The van der Waals surface area contributed by atoms with Gasteiger partial charge in [-0.15, -0.1) is 0 Å². The van der Waals surface area contributed by atoms with Crippen LogP contribution in [0.25, 0.3) is 11.0 Å². The summed E-state index contributed by atoms with van der Waals surface area (Å²) in [6.07, 6.45) is 0. The summed E-state index contributed by atoms with van der Waals surface area (Å²) in [7, 11) is 0. The fraction of sp³-hybridized carbons (Fsp3) is 0. The van der Waals surface area contributed by atoms with Gasteiger partial charge in [0.2, 0.25) is 5.62 Å². The van der Waals surface area contributed by atoms with Crippen LogP contribution in [0, 0.1) is 11.3 Å². The Morgan fingerprint density at radius 1 is 1.14 bits per heavy atom. The number of aromatic amines is 2. The zero-order chi connectivity index (χ0) is 14.8. The number of nitriles is 1. The molecule has 1 amide bonds. The number of hydrogen-bond acceptors (Lipinski definition) is 2. The number of nitrogens with zero attached hydrogens (tertiary/aromatic N) is 2. The number of imidazole rings is 1. The normalized spacial score (nSPS) is 11.5. The lowest BCUT2D eigenvalue weighted by atomic mass is 10.1. The average Bonchev–Trinajstić information content (AvgIpc) is 2.88. The van der Waals surface area contributed by atoms with Gasteiger partial charge in [-0.1, -0.05) is 22.0 Å². The van der Waals surface area contributed by atoms with Crippen molar-refractivity contribution in [1.82, 2.24) is 9.97 Å². The molecule has 0 aliphatic rings. The Morgan fingerprint density at radius 2 is 1.95 bits per heavy atom. The number of benzene rings is 2. The molecule has 0 spiro atoms. The summed E-state index contributed by atoms with van der Waals surface area (Å²) in [5.41, 5.74) is 2.88. The van der Waals surface area contributed by atoms with E-state index in [0.717, 1.165) is 15.5 Å². The molecule has 0 aliphatic carbocycles. The highest BCUT2D eigenvalue weighted by Crippen LogP contribution is 2.14. The van der Waals surface area contributed by atoms with Gasteiger partial charge < -0.3 is 9.97 Å². The highest BCUT2D eigenvalue weighted by molar-refractivity contribution is 9.10. The molecule has 1 heterocycles. The molecule has 102 valence electrons. The minimum Gasteiger partial charge on any atom is -0.324 e. The van der Waals surface area contributed by atoms with Gasteiger partial charge in [0.15, 0.2) is 0 Å². The standard InChI is InChI=1S/C15H9BrN4O/c16-11-4-5-12-13(7-11)19-15(18-12)20-14(21)10-3-1-2-9(6-10)8-17/h1-7H,(H2,18,19,20,21). The maximum atomic E-state index is 12.1. The molecule has 6 heteroatoms. The summed E-state index contributed by atoms with van der Waals surface area (Å²) in [4.78, 5) is 22.1. The fourth-order valence-electron chi connectivity index (χ4n) is 1.96. The van der Waals surface area contributed by atoms with Crippen LogP contribution >= 0.6 is 15.9 Å². The zero-order valence-corrected chi connectivity index (χ0v) is 12.3. The molecule has 3 rings (SSSR count). The quantitative estimate of drug-likeness (QED) is 0.713. The molecule has 0 saturated carbocycles. The van der Waals surface area contributed by atoms with Crippen molar-refractivity contribution in [2.24, 2.45) is 4.99 Å². The summed E-state index contributed by atoms with van der Waals surface area (Å²) in [5.74, 6) is -0.408. The fourth-order valence-corrected chi connectivity index (χ4v) is 2.32. The molecule has 1 aromatic heterocycles. The Hall–Kier alpha value is -2.65. The number of halogens is 1. The third-order valence-corrected chi connectivity index (χ3v) is 3.43. The van der Waals surface area contributed by atoms with Crippen molar-refractivity contribution >= 4 is 32.9 Å². The van der Waals surface area contributed by atoms with Crippen LogP contribution in [-0.4, -0.2) is 15.9 Å². The number of rotatable bonds is 1. The predicted octanol–water partition coefficient (Wildman–Crippen LogP) is 2.87. The van der Waals surface area contributed by atoms with Gasteiger partial charge in [-0.05, 0) is 36.4 Å². The maximum absolute atomic E-state index is 12.1. The number of hydrogen-bond donors (Lipinski definition) is 2. The molecule has 3 aromatic rings. The van der Waals surface area contributed by atoms with Crippen molar-refractivity contribution in [1.29, 1.82) is 5.26 Å². The number of H-pyrrole nitrogens is 2. The molecule has 0 unspecified atom stereocenters. The lowest BCUT2D eigenvalue weighted by molar-refractivity contribution is 0.0997. The first-order valence-corrected chi connectivity index (χ1v) is 6.92. The monoisotopic (exact) mass is 340 g/mol. The van der Waals surface area contributed by atoms with Crippen LogP contribution in [0.5, 0.6) is 0 Å². The van der Waals surface area contributed by atoms with E-state index in [9.17, 15) is 4.79 Å². The van der Waals surface area contributed by atoms with E-state index in [4.69, 9.17) is 5.26 Å². The third kappa shape index (κ3) is 2.78. The molecule has 21 heavy (non-hydrogen) atoms. The minimum atomic E-state index is -0.408. The van der Waals surface area contributed by atoms with Crippen molar-refractivity contribution in [3.8, 4) is 6.07 Å². The van der Waals surface area contributed by atoms with Gasteiger partial charge in [0.05, 0.1) is 22.7 Å². The Kier molecular flexibility index (Phi) is 3.42. The first-order chi connectivity index (χ1) is 10.2. The molecule has 0 radical (unpaired) electrons. The first-order valence-electron chi connectivity index (χ1n) is 6.12. The van der Waals surface area contributed by atoms with E-state index >= 15 is 0 Å². The van der Waals surface area contributed by atoms with E-state index in [1.165, 1.54) is 6.07 Å². The molecular weight excluding hydrogens is 332 g/mol. The van der Waals surface area contributed by atoms with Crippen molar-refractivity contribution < 1.29 is 4.79 Å². The number of fused-ring (bicyclic) bond motifs is 1. The second-order valence-corrected chi connectivity index (χ2v) is 5.31. The Labute approximate surface area is 128 Å². The molecule has 0 bridgehead atoms. The third-order valence-electron chi connectivity index (χ3n) is 2.94. The van der Waals surface area contributed by atoms with Gasteiger partial charge in [-0.2, -0.15) is 10.3 Å². The number of amides is 1. The lowest BCUT2D eigenvalue weighted by Crippen LogP contribution is -2.10. The molecule has 5 nitrogen and oxygen atoms in total. The molecule has 0 atom stereocenters. The summed E-state index contributed by atoms with van der Waals surface area (Å²) < 4.78 is 0.935. The molecule has 0 aliphatic heterocycles. The van der Waals surface area contributed by atoms with E-state index in [-0.39, 0.29) is 0 Å². The van der Waals surface area contributed by atoms with Crippen molar-refractivity contribution in [3.63, 3.8) is 0 Å². The summed E-state index contributed by atoms with van der Waals surface area (Å²) in [6, 6.07) is 14.1. The highest BCUT2D eigenvalue weighted by Gasteiger charge is 2.05. The summed E-state index contributed by atoms with van der Waals surface area (Å²) in [6.45, 7) is 0. The second-order valence-electron chi connectivity index (χ2n) is 4.40. The van der Waals surface area contributed by atoms with Crippen LogP contribution in [0.4, 0.5) is 0 Å². The Balaban J connectivity index is 2.02. The SMILES string of the molecule is N#Cc1cccc(C(=O)/N=c2/[nH]c3ccc(Br)cc3[nH]2)c1. The van der Waals surface area contributed by atoms with Gasteiger partial charge in [0, 0.05) is 10.0 Å². The van der Waals surface area contributed by atoms with E-state index < -0.39 is 5.91 Å². The number of aromatic nitrogens is 2. The highest BCUT2D eigenvalue weighted by atomic mass is 79.9. The van der Waals surface area contributed by atoms with Crippen LogP contribution in [-0.2, 0) is 0 Å². The van der Waals surface area contributed by atoms with Crippen LogP contribution < -0.4 is 5.62 Å². The average molecular weight is 341 g/mol. The zero-order valence-electron chi connectivity index (χ0n) is 10.7. The van der Waals surface area contributed by atoms with E-state index in [2.05, 4.69) is 30.9 Å². The topological polar surface area (TPSA) is 84.8 Å². The van der Waals surface area contributed by atoms with E-state index in [1.807, 2.05) is 24.3 Å². The van der Waals surface area contributed by atoms with Crippen LogP contribution in [0.3, 0.4) is 0 Å². The smallest absolute Gasteiger partial charge is 0.280 e. The van der Waals surface area contributed by atoms with Crippen molar-refractivity contribution in [3.05, 3.63) is 63.7 Å². The second kappa shape index (κ2) is 5.38. The van der Waals surface area contributed by atoms with Gasteiger partial charge >= 0.3 is 0 Å². The largest absolute Gasteiger partial charge is 0.324 e. The molecule has 0 fully saturated rings. The number of carbonyl (C=O) groups excluding carboxylic acids is 1. The molecule has 0 saturated heterocycles. The first kappa shape index (κ1) is 13.3. The number of nitrogens with one attached hydrogen (secondary N) is 2. The van der Waals surface area contributed by atoms with Gasteiger partial charge in [-0.3, -0.25) is 4.79 Å². The van der Waals surface area contributed by atoms with Gasteiger partial charge in [0.25, 0.3) is 5.91 Å². The molecule has 2 N–H and O–H groups in total. The van der Waals surface area contributed by atoms with Crippen LogP contribution in [0.15, 0.2) is 51.9 Å². The maximum Gasteiger partial charge on any atom is 0.280 e. The Morgan fingerprint density at radius 3 is 2.76 bits per heavy atom. The molecular formula is C15H9BrN4O. The minimum absolute atomic E-state index is 0.371. The Bertz CT molecular complexity index is 946. The molecule has 2 aromatic carbocycles. The predicted molar refractivity (Wildman–Crippen MR) is 81.4 cm³/mol. The lowest BCUT2D eigenvalue weighted by Gasteiger charge is -1.94. The van der Waals surface area contributed by atoms with Crippen LogP contribution in [0.2, 0.25) is 0 Å². The van der Waals surface area contributed by atoms with Crippen LogP contribution in [0.1, 0.15) is 15.9 Å². The van der Waals surface area contributed by atoms with E-state index in [1.54, 1.807) is 18.2 Å². The number of carbonyl (C=O) groups is 1. The van der Waals surface area contributed by atoms with Crippen molar-refractivity contribution in [2.45, 2.75) is 0 Å². The van der Waals surface area contributed by atoms with Gasteiger partial charge in [0.1, 0.15) is 0 Å². The summed E-state index contributed by atoms with van der Waals surface area (Å²) >= 11 is 3.38.